The van der Waals surface area contributed by atoms with Crippen LogP contribution in [0.1, 0.15) is 0 Å². The summed E-state index contributed by atoms with van der Waals surface area (Å²) in [4.78, 5) is 5.07. The number of para-hydroxylation sites is 3. The minimum Gasteiger partial charge on any atom is -0.309 e. The van der Waals surface area contributed by atoms with Crippen molar-refractivity contribution in [1.82, 2.24) is 9.38 Å². The van der Waals surface area contributed by atoms with Gasteiger partial charge in [0.25, 0.3) is 0 Å². The minimum atomic E-state index is -3.15. The molecule has 0 atom stereocenters. The molecule has 8 rings (SSSR count). The van der Waals surface area contributed by atoms with Crippen molar-refractivity contribution < 1.29 is 4.57 Å². The average molecular weight is 519 g/mol. The van der Waals surface area contributed by atoms with Gasteiger partial charge < -0.3 is 4.57 Å². The highest BCUT2D eigenvalue weighted by atomic mass is 31.2. The molecular formula is C35H23N2OP. The van der Waals surface area contributed by atoms with E-state index in [-0.39, 0.29) is 0 Å². The Balaban J connectivity index is 1.55. The molecule has 2 heterocycles. The molecule has 0 fully saturated rings. The predicted molar refractivity (Wildman–Crippen MR) is 165 cm³/mol. The minimum absolute atomic E-state index is 0.837. The highest BCUT2D eigenvalue weighted by Crippen LogP contribution is 2.46. The third-order valence-corrected chi connectivity index (χ3v) is 11.0. The topological polar surface area (TPSA) is 34.4 Å². The van der Waals surface area contributed by atoms with Crippen molar-refractivity contribution in [3.63, 3.8) is 0 Å². The molecule has 0 saturated carbocycles. The number of hydrogen-bond acceptors (Lipinski definition) is 2. The van der Waals surface area contributed by atoms with Gasteiger partial charge in [-0.05, 0) is 35.0 Å². The number of fused-ring (bicyclic) bond motifs is 10. The number of nitrogens with zero attached hydrogens (tertiary/aromatic N) is 2. The molecule has 0 unspecified atom stereocenters. The highest BCUT2D eigenvalue weighted by molar-refractivity contribution is 7.85. The molecule has 0 bridgehead atoms. The first-order valence-corrected chi connectivity index (χ1v) is 14.8. The van der Waals surface area contributed by atoms with Crippen molar-refractivity contribution in [3.05, 3.63) is 140 Å². The monoisotopic (exact) mass is 518 g/mol. The van der Waals surface area contributed by atoms with Crippen LogP contribution in [0.25, 0.3) is 49.1 Å². The summed E-state index contributed by atoms with van der Waals surface area (Å²) in [5.74, 6) is 0. The summed E-state index contributed by atoms with van der Waals surface area (Å²) in [5, 5.41) is 8.00. The molecular weight excluding hydrogens is 495 g/mol. The van der Waals surface area contributed by atoms with Gasteiger partial charge in [-0.1, -0.05) is 115 Å². The number of benzene rings is 6. The van der Waals surface area contributed by atoms with Gasteiger partial charge in [0.1, 0.15) is 5.65 Å². The molecule has 3 nitrogen and oxygen atoms in total. The van der Waals surface area contributed by atoms with Crippen LogP contribution in [0.5, 0.6) is 0 Å². The van der Waals surface area contributed by atoms with Gasteiger partial charge in [-0.25, -0.2) is 4.98 Å². The lowest BCUT2D eigenvalue weighted by Crippen LogP contribution is -2.25. The second-order valence-electron chi connectivity index (χ2n) is 9.92. The maximum Gasteiger partial charge on any atom is 0.171 e. The first-order chi connectivity index (χ1) is 19.2. The highest BCUT2D eigenvalue weighted by Gasteiger charge is 2.31. The van der Waals surface area contributed by atoms with Crippen LogP contribution in [-0.2, 0) is 4.57 Å². The summed E-state index contributed by atoms with van der Waals surface area (Å²) in [6.07, 6.45) is 0. The predicted octanol–water partition coefficient (Wildman–Crippen LogP) is 7.59. The number of imidazole rings is 1. The summed E-state index contributed by atoms with van der Waals surface area (Å²) in [5.41, 5.74) is 4.12. The van der Waals surface area contributed by atoms with E-state index >= 15 is 4.57 Å². The Hall–Kier alpha value is -4.72. The summed E-state index contributed by atoms with van der Waals surface area (Å²) in [6, 6.07) is 47.2. The van der Waals surface area contributed by atoms with Crippen LogP contribution >= 0.6 is 7.14 Å². The van der Waals surface area contributed by atoms with Gasteiger partial charge in [-0.15, -0.1) is 0 Å². The van der Waals surface area contributed by atoms with E-state index in [0.29, 0.717) is 0 Å². The molecule has 6 aromatic carbocycles. The van der Waals surface area contributed by atoms with Crippen molar-refractivity contribution in [3.8, 4) is 0 Å². The zero-order valence-corrected chi connectivity index (χ0v) is 21.9. The van der Waals surface area contributed by atoms with E-state index in [4.69, 9.17) is 4.98 Å². The molecule has 0 radical (unpaired) electrons. The fraction of sp³-hybridized carbons (Fsp3) is 0. The smallest absolute Gasteiger partial charge is 0.171 e. The molecule has 0 amide bonds. The van der Waals surface area contributed by atoms with E-state index < -0.39 is 7.14 Å². The Morgan fingerprint density at radius 3 is 1.82 bits per heavy atom. The molecule has 0 spiro atoms. The van der Waals surface area contributed by atoms with E-state index in [1.54, 1.807) is 0 Å². The summed E-state index contributed by atoms with van der Waals surface area (Å²) in [7, 11) is -3.15. The van der Waals surface area contributed by atoms with E-state index in [0.717, 1.165) is 65.0 Å². The molecule has 0 aliphatic heterocycles. The quantitative estimate of drug-likeness (QED) is 0.178. The molecule has 0 aliphatic carbocycles. The van der Waals surface area contributed by atoms with Crippen LogP contribution < -0.4 is 15.9 Å². The lowest BCUT2D eigenvalue weighted by Gasteiger charge is -2.22. The fourth-order valence-corrected chi connectivity index (χ4v) is 8.99. The van der Waals surface area contributed by atoms with Crippen molar-refractivity contribution in [2.24, 2.45) is 0 Å². The Bertz CT molecular complexity index is 2210. The lowest BCUT2D eigenvalue weighted by molar-refractivity contribution is 0.592. The SMILES string of the molecule is O=P(c1ccccc1)(c1ccccc1)c1cccc2c1ccc1c2c2ccccc2n2c3ccccc3nc12. The second kappa shape index (κ2) is 8.39. The first kappa shape index (κ1) is 22.3. The van der Waals surface area contributed by atoms with E-state index in [1.165, 1.54) is 0 Å². The molecule has 184 valence electrons. The molecule has 0 N–H and O–H groups in total. The van der Waals surface area contributed by atoms with Crippen LogP contribution in [-0.4, -0.2) is 9.38 Å². The maximum atomic E-state index is 15.3. The van der Waals surface area contributed by atoms with Gasteiger partial charge in [-0.2, -0.15) is 0 Å². The molecule has 8 aromatic rings. The molecule has 0 saturated heterocycles. The zero-order chi connectivity index (χ0) is 26.0. The standard InChI is InChI=1S/C35H23N2OP/c38-39(24-12-3-1-4-13-24,25-14-5-2-6-15-25)33-21-11-17-27-26(33)22-23-29-34(27)28-16-7-9-19-31(28)37-32-20-10-8-18-30(32)36-35(29)37/h1-23H. The number of hydrogen-bond donors (Lipinski definition) is 0. The number of aromatic nitrogens is 2. The van der Waals surface area contributed by atoms with Crippen molar-refractivity contribution in [2.75, 3.05) is 0 Å². The third-order valence-electron chi connectivity index (χ3n) is 7.83. The van der Waals surface area contributed by atoms with Gasteiger partial charge in [0, 0.05) is 32.1 Å². The van der Waals surface area contributed by atoms with Gasteiger partial charge in [0.05, 0.1) is 16.6 Å². The van der Waals surface area contributed by atoms with E-state index in [2.05, 4.69) is 71.1 Å². The molecule has 4 heteroatoms. The van der Waals surface area contributed by atoms with Crippen molar-refractivity contribution >= 4 is 72.2 Å². The van der Waals surface area contributed by atoms with Gasteiger partial charge >= 0.3 is 0 Å². The summed E-state index contributed by atoms with van der Waals surface area (Å²) >= 11 is 0. The molecule has 39 heavy (non-hydrogen) atoms. The lowest BCUT2D eigenvalue weighted by atomic mass is 9.99. The fourth-order valence-electron chi connectivity index (χ4n) is 6.13. The Morgan fingerprint density at radius 2 is 1.08 bits per heavy atom. The Kier molecular flexibility index (Phi) is 4.79. The van der Waals surface area contributed by atoms with Crippen LogP contribution in [0, 0.1) is 0 Å². The summed E-state index contributed by atoms with van der Waals surface area (Å²) < 4.78 is 17.6. The Labute approximate surface area is 225 Å². The van der Waals surface area contributed by atoms with Crippen LogP contribution in [0.4, 0.5) is 0 Å². The zero-order valence-electron chi connectivity index (χ0n) is 21.0. The van der Waals surface area contributed by atoms with Gasteiger partial charge in [0.2, 0.25) is 0 Å². The summed E-state index contributed by atoms with van der Waals surface area (Å²) in [6.45, 7) is 0. The maximum absolute atomic E-state index is 15.3. The van der Waals surface area contributed by atoms with Gasteiger partial charge in [0.15, 0.2) is 7.14 Å². The molecule has 0 aliphatic rings. The second-order valence-corrected chi connectivity index (χ2v) is 12.7. The normalized spacial score (nSPS) is 12.2. The first-order valence-electron chi connectivity index (χ1n) is 13.1. The largest absolute Gasteiger partial charge is 0.309 e. The van der Waals surface area contributed by atoms with Crippen LogP contribution in [0.15, 0.2) is 140 Å². The van der Waals surface area contributed by atoms with Crippen LogP contribution in [0.2, 0.25) is 0 Å². The number of rotatable bonds is 3. The van der Waals surface area contributed by atoms with Crippen LogP contribution in [0.3, 0.4) is 0 Å². The molecule has 2 aromatic heterocycles. The average Bonchev–Trinajstić information content (AvgIpc) is 3.41. The Morgan fingerprint density at radius 1 is 0.487 bits per heavy atom. The van der Waals surface area contributed by atoms with Gasteiger partial charge in [-0.3, -0.25) is 4.40 Å². The van der Waals surface area contributed by atoms with Crippen molar-refractivity contribution in [2.45, 2.75) is 0 Å². The van der Waals surface area contributed by atoms with E-state index in [1.807, 2.05) is 72.8 Å². The van der Waals surface area contributed by atoms with E-state index in [9.17, 15) is 0 Å². The third kappa shape index (κ3) is 3.11. The number of pyridine rings is 1. The van der Waals surface area contributed by atoms with Crippen molar-refractivity contribution in [1.29, 1.82) is 0 Å².